The van der Waals surface area contributed by atoms with E-state index in [1.807, 2.05) is 38.1 Å². The highest BCUT2D eigenvalue weighted by Crippen LogP contribution is 2.64. The van der Waals surface area contributed by atoms with Crippen LogP contribution in [0.5, 0.6) is 5.88 Å². The molecule has 4 aliphatic rings. The van der Waals surface area contributed by atoms with Crippen LogP contribution in [0.4, 0.5) is 19.1 Å². The molecule has 11 heteroatoms. The highest BCUT2D eigenvalue weighted by molar-refractivity contribution is 7.92. The third kappa shape index (κ3) is 5.78. The van der Waals surface area contributed by atoms with Gasteiger partial charge in [-0.1, -0.05) is 30.3 Å². The molecular formula is C35H41F3N4O3S. The molecule has 0 amide bonds. The quantitative estimate of drug-likeness (QED) is 0.314. The molecule has 3 aromatic rings. The zero-order valence-corrected chi connectivity index (χ0v) is 27.3. The van der Waals surface area contributed by atoms with Gasteiger partial charge in [-0.2, -0.15) is 18.2 Å². The van der Waals surface area contributed by atoms with Gasteiger partial charge in [-0.25, -0.2) is 18.1 Å². The van der Waals surface area contributed by atoms with E-state index in [0.29, 0.717) is 5.69 Å². The monoisotopic (exact) mass is 654 g/mol. The van der Waals surface area contributed by atoms with Crippen LogP contribution < -0.4 is 9.46 Å². The molecule has 1 aromatic heterocycles. The Bertz CT molecular complexity index is 1720. The second-order valence-corrected chi connectivity index (χ2v) is 16.1. The molecule has 7 rings (SSSR count). The number of hydrogen-bond acceptors (Lipinski definition) is 6. The van der Waals surface area contributed by atoms with Gasteiger partial charge in [-0.15, -0.1) is 0 Å². The number of ether oxygens (including phenoxy) is 1. The molecule has 1 saturated heterocycles. The zero-order chi connectivity index (χ0) is 32.5. The van der Waals surface area contributed by atoms with Crippen molar-refractivity contribution in [2.24, 2.45) is 22.7 Å². The van der Waals surface area contributed by atoms with Gasteiger partial charge >= 0.3 is 6.18 Å². The van der Waals surface area contributed by atoms with Crippen molar-refractivity contribution in [3.63, 3.8) is 0 Å². The molecule has 4 bridgehead atoms. The maximum atomic E-state index is 14.5. The lowest BCUT2D eigenvalue weighted by atomic mass is 9.52. The van der Waals surface area contributed by atoms with Gasteiger partial charge in [0.1, 0.15) is 0 Å². The largest absolute Gasteiger partial charge is 0.477 e. The third-order valence-electron chi connectivity index (χ3n) is 11.2. The first kappa shape index (κ1) is 31.4. The molecule has 246 valence electrons. The van der Waals surface area contributed by atoms with Crippen molar-refractivity contribution in [1.29, 1.82) is 0 Å². The summed E-state index contributed by atoms with van der Waals surface area (Å²) in [7, 11) is -1.99. The number of alkyl halides is 3. The summed E-state index contributed by atoms with van der Waals surface area (Å²) in [6.45, 7) is 5.95. The number of hydrogen-bond donors (Lipinski definition) is 1. The number of piperidine rings is 1. The highest BCUT2D eigenvalue weighted by Gasteiger charge is 2.64. The maximum absolute atomic E-state index is 14.5. The predicted molar refractivity (Wildman–Crippen MR) is 170 cm³/mol. The summed E-state index contributed by atoms with van der Waals surface area (Å²) >= 11 is 0. The van der Waals surface area contributed by atoms with Gasteiger partial charge in [-0.05, 0) is 125 Å². The Morgan fingerprint density at radius 1 is 0.978 bits per heavy atom. The van der Waals surface area contributed by atoms with Gasteiger partial charge in [0.15, 0.2) is 0 Å². The number of aryl methyl sites for hydroxylation is 2. The van der Waals surface area contributed by atoms with Crippen molar-refractivity contribution >= 4 is 16.0 Å². The predicted octanol–water partition coefficient (Wildman–Crippen LogP) is 7.51. The van der Waals surface area contributed by atoms with Crippen LogP contribution in [0.15, 0.2) is 53.4 Å². The molecular weight excluding hydrogens is 613 g/mol. The van der Waals surface area contributed by atoms with Crippen LogP contribution in [0.2, 0.25) is 0 Å². The van der Waals surface area contributed by atoms with Crippen LogP contribution in [0, 0.1) is 36.5 Å². The molecule has 2 unspecified atom stereocenters. The number of benzene rings is 2. The van der Waals surface area contributed by atoms with Gasteiger partial charge in [0.2, 0.25) is 11.8 Å². The number of halogens is 3. The molecule has 2 aliphatic heterocycles. The van der Waals surface area contributed by atoms with E-state index in [1.165, 1.54) is 6.07 Å². The Morgan fingerprint density at radius 3 is 2.30 bits per heavy atom. The first-order chi connectivity index (χ1) is 21.8. The Labute approximate surface area is 269 Å². The average Bonchev–Trinajstić information content (AvgIpc) is 3.77. The van der Waals surface area contributed by atoms with E-state index in [9.17, 15) is 21.6 Å². The minimum absolute atomic E-state index is 0.0361. The molecule has 2 aromatic carbocycles. The summed E-state index contributed by atoms with van der Waals surface area (Å²) in [5.74, 6) is -0.674. The van der Waals surface area contributed by atoms with Crippen LogP contribution in [0.3, 0.4) is 0 Å². The van der Waals surface area contributed by atoms with Crippen LogP contribution in [0.25, 0.3) is 11.3 Å². The molecule has 3 fully saturated rings. The molecule has 2 aliphatic carbocycles. The highest BCUT2D eigenvalue weighted by atomic mass is 32.2. The van der Waals surface area contributed by atoms with E-state index in [4.69, 9.17) is 4.74 Å². The SMILES string of the molecule is Cc1cccc(C)c1-c1cc2nc(n1)NS(=O)(=O)c1cccc(c1)C(C1CC3(CCN(C)CC3)C1)C(CC1(C(F)(F)F)CC1)CO2. The summed E-state index contributed by atoms with van der Waals surface area (Å²) in [4.78, 5) is 11.3. The van der Waals surface area contributed by atoms with Gasteiger partial charge in [-0.3, -0.25) is 0 Å². The lowest BCUT2D eigenvalue weighted by Crippen LogP contribution is -2.49. The molecule has 1 N–H and O–H groups in total. The molecule has 2 atom stereocenters. The smallest absolute Gasteiger partial charge is 0.394 e. The number of rotatable bonds is 4. The van der Waals surface area contributed by atoms with Crippen LogP contribution in [-0.2, 0) is 10.0 Å². The van der Waals surface area contributed by atoms with Crippen LogP contribution in [-0.4, -0.2) is 56.2 Å². The Balaban J connectivity index is 1.32. The minimum atomic E-state index is -4.32. The van der Waals surface area contributed by atoms with Crippen molar-refractivity contribution < 1.29 is 26.3 Å². The topological polar surface area (TPSA) is 84.4 Å². The molecule has 7 nitrogen and oxygen atoms in total. The first-order valence-corrected chi connectivity index (χ1v) is 17.7. The van der Waals surface area contributed by atoms with Gasteiger partial charge in [0.05, 0.1) is 22.6 Å². The maximum Gasteiger partial charge on any atom is 0.394 e. The third-order valence-corrected chi connectivity index (χ3v) is 12.6. The summed E-state index contributed by atoms with van der Waals surface area (Å²) in [6, 6.07) is 14.2. The van der Waals surface area contributed by atoms with Crippen LogP contribution >= 0.6 is 0 Å². The fourth-order valence-electron chi connectivity index (χ4n) is 8.43. The van der Waals surface area contributed by atoms with Gasteiger partial charge in [0.25, 0.3) is 10.0 Å². The number of fused-ring (bicyclic) bond motifs is 4. The van der Waals surface area contributed by atoms with E-state index in [1.54, 1.807) is 18.2 Å². The van der Waals surface area contributed by atoms with E-state index >= 15 is 0 Å². The lowest BCUT2D eigenvalue weighted by molar-refractivity contribution is -0.194. The number of sulfonamides is 1. The van der Waals surface area contributed by atoms with Crippen LogP contribution in [0.1, 0.15) is 67.6 Å². The number of anilines is 1. The summed E-state index contributed by atoms with van der Waals surface area (Å²) in [6.07, 6.45) is -0.184. The van der Waals surface area contributed by atoms with Gasteiger partial charge in [0, 0.05) is 17.5 Å². The van der Waals surface area contributed by atoms with E-state index < -0.39 is 27.5 Å². The Hall–Kier alpha value is -3.18. The molecule has 2 saturated carbocycles. The van der Waals surface area contributed by atoms with Crippen molar-refractivity contribution in [1.82, 2.24) is 14.9 Å². The fraction of sp³-hybridized carbons (Fsp3) is 0.543. The number of likely N-dealkylation sites (tertiary alicyclic amines) is 1. The molecule has 1 spiro atoms. The van der Waals surface area contributed by atoms with Gasteiger partial charge < -0.3 is 9.64 Å². The first-order valence-electron chi connectivity index (χ1n) is 16.2. The standard InChI is InChI=1S/C35H41F3N4O3S/c1-22-6-4-7-23(2)30(22)28-17-29-40-32(39-28)41-46(43,44)27-9-5-8-24(16-27)31(25-18-33(19-25)12-14-42(3)15-13-33)26(21-45-29)20-34(10-11-34)35(36,37)38/h4-9,16-17,25-26,31H,10-15,18-21H2,1-3H3,(H,39,40,41). The fourth-order valence-corrected chi connectivity index (χ4v) is 9.43. The van der Waals surface area contributed by atoms with Crippen molar-refractivity contribution in [2.45, 2.75) is 75.8 Å². The Kier molecular flexibility index (Phi) is 7.66. The number of nitrogens with zero attached hydrogens (tertiary/aromatic N) is 3. The van der Waals surface area contributed by atoms with E-state index in [0.717, 1.165) is 61.0 Å². The Morgan fingerprint density at radius 2 is 1.65 bits per heavy atom. The van der Waals surface area contributed by atoms with Crippen molar-refractivity contribution in [3.8, 4) is 17.1 Å². The molecule has 0 radical (unpaired) electrons. The lowest BCUT2D eigenvalue weighted by Gasteiger charge is -2.55. The average molecular weight is 655 g/mol. The summed E-state index contributed by atoms with van der Waals surface area (Å²) in [5.41, 5.74) is 2.40. The number of nitrogens with one attached hydrogen (secondary N) is 1. The summed E-state index contributed by atoms with van der Waals surface area (Å²) < 4.78 is 79.9. The van der Waals surface area contributed by atoms with E-state index in [-0.39, 0.29) is 59.8 Å². The second-order valence-electron chi connectivity index (χ2n) is 14.4. The van der Waals surface area contributed by atoms with Crippen molar-refractivity contribution in [3.05, 3.63) is 65.2 Å². The second kappa shape index (κ2) is 11.2. The summed E-state index contributed by atoms with van der Waals surface area (Å²) in [5, 5.41) is 0. The minimum Gasteiger partial charge on any atom is -0.477 e. The van der Waals surface area contributed by atoms with Crippen molar-refractivity contribution in [2.75, 3.05) is 31.5 Å². The molecule has 3 heterocycles. The zero-order valence-electron chi connectivity index (χ0n) is 26.5. The number of aromatic nitrogens is 2. The molecule has 46 heavy (non-hydrogen) atoms. The normalized spacial score (nSPS) is 25.3. The van der Waals surface area contributed by atoms with E-state index in [2.05, 4.69) is 26.6 Å².